The molecule has 0 aliphatic rings. The topological polar surface area (TPSA) is 62.3 Å². The predicted octanol–water partition coefficient (Wildman–Crippen LogP) is 4.25. The zero-order valence-electron chi connectivity index (χ0n) is 16.7. The molecule has 0 saturated heterocycles. The third-order valence-electron chi connectivity index (χ3n) is 4.93. The van der Waals surface area contributed by atoms with E-state index in [-0.39, 0.29) is 24.3 Å². The summed E-state index contributed by atoms with van der Waals surface area (Å²) in [6, 6.07) is 13.5. The van der Waals surface area contributed by atoms with Crippen molar-refractivity contribution in [1.82, 2.24) is 15.2 Å². The Morgan fingerprint density at radius 3 is 2.54 bits per heavy atom. The molecule has 28 heavy (non-hydrogen) atoms. The lowest BCUT2D eigenvalue weighted by Crippen LogP contribution is -2.33. The molecule has 1 atom stereocenters. The van der Waals surface area contributed by atoms with Crippen LogP contribution in [0, 0.1) is 13.8 Å². The van der Waals surface area contributed by atoms with Gasteiger partial charge in [-0.25, -0.2) is 4.98 Å². The van der Waals surface area contributed by atoms with Crippen molar-refractivity contribution in [2.24, 2.45) is 0 Å². The molecule has 3 rings (SSSR count). The molecule has 2 amide bonds. The first kappa shape index (κ1) is 20.0. The van der Waals surface area contributed by atoms with E-state index in [1.807, 2.05) is 63.2 Å². The van der Waals surface area contributed by atoms with Gasteiger partial charge in [0, 0.05) is 30.5 Å². The molecule has 6 heteroatoms. The molecule has 1 N–H and O–H groups in total. The molecule has 5 nitrogen and oxygen atoms in total. The van der Waals surface area contributed by atoms with E-state index in [4.69, 9.17) is 0 Å². The van der Waals surface area contributed by atoms with Crippen molar-refractivity contribution in [2.75, 3.05) is 13.6 Å². The third kappa shape index (κ3) is 4.39. The van der Waals surface area contributed by atoms with Crippen LogP contribution in [0.2, 0.25) is 0 Å². The highest BCUT2D eigenvalue weighted by molar-refractivity contribution is 7.11. The Morgan fingerprint density at radius 1 is 1.14 bits per heavy atom. The van der Waals surface area contributed by atoms with Crippen molar-refractivity contribution in [2.45, 2.75) is 33.2 Å². The van der Waals surface area contributed by atoms with Crippen LogP contribution in [0.3, 0.4) is 0 Å². The predicted molar refractivity (Wildman–Crippen MR) is 114 cm³/mol. The van der Waals surface area contributed by atoms with Crippen molar-refractivity contribution in [3.05, 3.63) is 63.6 Å². The number of nitrogens with one attached hydrogen (secondary N) is 1. The first-order valence-corrected chi connectivity index (χ1v) is 10.1. The van der Waals surface area contributed by atoms with Gasteiger partial charge in [0.25, 0.3) is 5.91 Å². The zero-order chi connectivity index (χ0) is 20.3. The number of aromatic nitrogens is 1. The molecule has 1 unspecified atom stereocenters. The van der Waals surface area contributed by atoms with Gasteiger partial charge < -0.3 is 10.2 Å². The van der Waals surface area contributed by atoms with Crippen molar-refractivity contribution in [1.29, 1.82) is 0 Å². The van der Waals surface area contributed by atoms with Crippen LogP contribution in [0.25, 0.3) is 10.8 Å². The molecule has 0 radical (unpaired) electrons. The Kier molecular flexibility index (Phi) is 6.09. The maximum absolute atomic E-state index is 12.5. The standard InChI is InChI=1S/C22H25N3O2S/c1-14-21(28-16(3)24-14)15(2)25(4)20(26)11-12-23-22(27)19-10-9-17-7-5-6-8-18(17)13-19/h5-10,13,15H,11-12H2,1-4H3,(H,23,27). The van der Waals surface area contributed by atoms with Gasteiger partial charge >= 0.3 is 0 Å². The summed E-state index contributed by atoms with van der Waals surface area (Å²) in [4.78, 5) is 32.2. The molecule has 146 valence electrons. The smallest absolute Gasteiger partial charge is 0.251 e. The number of thiazole rings is 1. The van der Waals surface area contributed by atoms with Gasteiger partial charge in [-0.3, -0.25) is 9.59 Å². The molecule has 1 heterocycles. The van der Waals surface area contributed by atoms with Crippen molar-refractivity contribution in [3.63, 3.8) is 0 Å². The average molecular weight is 396 g/mol. The second-order valence-electron chi connectivity index (χ2n) is 6.93. The fourth-order valence-electron chi connectivity index (χ4n) is 3.22. The highest BCUT2D eigenvalue weighted by Crippen LogP contribution is 2.28. The van der Waals surface area contributed by atoms with Gasteiger partial charge in [-0.1, -0.05) is 30.3 Å². The summed E-state index contributed by atoms with van der Waals surface area (Å²) in [5, 5.41) is 5.97. The summed E-state index contributed by atoms with van der Waals surface area (Å²) in [6.07, 6.45) is 0.261. The number of hydrogen-bond acceptors (Lipinski definition) is 4. The van der Waals surface area contributed by atoms with Gasteiger partial charge in [0.15, 0.2) is 0 Å². The van der Waals surface area contributed by atoms with E-state index in [1.54, 1.807) is 23.3 Å². The number of carbonyl (C=O) groups is 2. The molecule has 1 aromatic heterocycles. The second-order valence-corrected chi connectivity index (χ2v) is 8.17. The fraction of sp³-hybridized carbons (Fsp3) is 0.318. The lowest BCUT2D eigenvalue weighted by atomic mass is 10.1. The minimum absolute atomic E-state index is 0.00300. The molecular formula is C22H25N3O2S. The highest BCUT2D eigenvalue weighted by atomic mass is 32.1. The van der Waals surface area contributed by atoms with Crippen LogP contribution in [-0.2, 0) is 4.79 Å². The molecule has 0 aliphatic heterocycles. The molecular weight excluding hydrogens is 370 g/mol. The Hall–Kier alpha value is -2.73. The average Bonchev–Trinajstić information content (AvgIpc) is 3.04. The summed E-state index contributed by atoms with van der Waals surface area (Å²) in [5.41, 5.74) is 1.57. The maximum atomic E-state index is 12.5. The quantitative estimate of drug-likeness (QED) is 0.679. The SMILES string of the molecule is Cc1nc(C)c(C(C)N(C)C(=O)CCNC(=O)c2ccc3ccccc3c2)s1. The minimum Gasteiger partial charge on any atom is -0.352 e. The van der Waals surface area contributed by atoms with Crippen molar-refractivity contribution < 1.29 is 9.59 Å². The van der Waals surface area contributed by atoms with Crippen LogP contribution in [0.4, 0.5) is 0 Å². The van der Waals surface area contributed by atoms with E-state index in [1.165, 1.54) is 0 Å². The Labute approximate surface area is 169 Å². The molecule has 2 aromatic carbocycles. The number of hydrogen-bond donors (Lipinski definition) is 1. The van der Waals surface area contributed by atoms with Crippen molar-refractivity contribution in [3.8, 4) is 0 Å². The van der Waals surface area contributed by atoms with Crippen LogP contribution >= 0.6 is 11.3 Å². The highest BCUT2D eigenvalue weighted by Gasteiger charge is 2.21. The number of aryl methyl sites for hydroxylation is 2. The second kappa shape index (κ2) is 8.52. The largest absolute Gasteiger partial charge is 0.352 e. The maximum Gasteiger partial charge on any atom is 0.251 e. The number of nitrogens with zero attached hydrogens (tertiary/aromatic N) is 2. The first-order valence-electron chi connectivity index (χ1n) is 9.33. The minimum atomic E-state index is -0.164. The monoisotopic (exact) mass is 395 g/mol. The molecule has 0 fully saturated rings. The van der Waals surface area contributed by atoms with Gasteiger partial charge in [-0.15, -0.1) is 11.3 Å². The van der Waals surface area contributed by atoms with E-state index in [0.29, 0.717) is 12.1 Å². The number of amides is 2. The van der Waals surface area contributed by atoms with Gasteiger partial charge in [0.2, 0.25) is 5.91 Å². The summed E-state index contributed by atoms with van der Waals surface area (Å²) in [6.45, 7) is 6.25. The zero-order valence-corrected chi connectivity index (χ0v) is 17.5. The van der Waals surface area contributed by atoms with Crippen LogP contribution in [-0.4, -0.2) is 35.3 Å². The lowest BCUT2D eigenvalue weighted by molar-refractivity contribution is -0.131. The van der Waals surface area contributed by atoms with E-state index in [0.717, 1.165) is 26.4 Å². The summed E-state index contributed by atoms with van der Waals surface area (Å²) in [7, 11) is 1.80. The number of carbonyl (C=O) groups excluding carboxylic acids is 2. The van der Waals surface area contributed by atoms with Crippen LogP contribution < -0.4 is 5.32 Å². The van der Waals surface area contributed by atoms with Crippen molar-refractivity contribution >= 4 is 33.9 Å². The number of rotatable bonds is 6. The first-order chi connectivity index (χ1) is 13.4. The summed E-state index contributed by atoms with van der Waals surface area (Å²) >= 11 is 1.62. The number of benzene rings is 2. The van der Waals surface area contributed by atoms with E-state index in [9.17, 15) is 9.59 Å². The van der Waals surface area contributed by atoms with Gasteiger partial charge in [-0.2, -0.15) is 0 Å². The lowest BCUT2D eigenvalue weighted by Gasteiger charge is -2.24. The molecule has 0 bridgehead atoms. The van der Waals surface area contributed by atoms with Gasteiger partial charge in [0.1, 0.15) is 0 Å². The molecule has 0 spiro atoms. The third-order valence-corrected chi connectivity index (χ3v) is 6.17. The van der Waals surface area contributed by atoms with E-state index >= 15 is 0 Å². The van der Waals surface area contributed by atoms with E-state index in [2.05, 4.69) is 10.3 Å². The molecule has 3 aromatic rings. The van der Waals surface area contributed by atoms with Gasteiger partial charge in [0.05, 0.1) is 16.7 Å². The Bertz CT molecular complexity index is 1010. The summed E-state index contributed by atoms with van der Waals surface area (Å²) < 4.78 is 0. The summed E-state index contributed by atoms with van der Waals surface area (Å²) in [5.74, 6) is -0.167. The number of fused-ring (bicyclic) bond motifs is 1. The van der Waals surface area contributed by atoms with Crippen LogP contribution in [0.5, 0.6) is 0 Å². The van der Waals surface area contributed by atoms with Crippen LogP contribution in [0.1, 0.15) is 45.3 Å². The van der Waals surface area contributed by atoms with Gasteiger partial charge in [-0.05, 0) is 43.7 Å². The molecule has 0 saturated carbocycles. The fourth-order valence-corrected chi connectivity index (χ4v) is 4.24. The van der Waals surface area contributed by atoms with E-state index < -0.39 is 0 Å². The molecule has 0 aliphatic carbocycles. The Morgan fingerprint density at radius 2 is 1.86 bits per heavy atom. The normalized spacial score (nSPS) is 12.0. The Balaban J connectivity index is 1.55. The van der Waals surface area contributed by atoms with Crippen LogP contribution in [0.15, 0.2) is 42.5 Å².